The van der Waals surface area contributed by atoms with E-state index in [9.17, 15) is 22.7 Å². The van der Waals surface area contributed by atoms with Gasteiger partial charge in [-0.3, -0.25) is 4.79 Å². The number of benzene rings is 1. The molecule has 2 aromatic rings. The van der Waals surface area contributed by atoms with Crippen molar-refractivity contribution in [1.82, 2.24) is 4.98 Å². The zero-order valence-corrected chi connectivity index (χ0v) is 35.6. The number of hydrogen-bond acceptors (Lipinski definition) is 6. The van der Waals surface area contributed by atoms with E-state index in [1.54, 1.807) is 13.8 Å². The lowest BCUT2D eigenvalue weighted by Crippen LogP contribution is -2.19. The summed E-state index contributed by atoms with van der Waals surface area (Å²) in [5.74, 6) is 0.122. The summed E-state index contributed by atoms with van der Waals surface area (Å²) in [5, 5.41) is 16.7. The van der Waals surface area contributed by atoms with Gasteiger partial charge in [0.1, 0.15) is 18.2 Å². The molecule has 294 valence electrons. The quantitative estimate of drug-likeness (QED) is 0.0551. The molecule has 12 heteroatoms. The molecule has 1 fully saturated rings. The third-order valence-corrected chi connectivity index (χ3v) is 6.37. The maximum absolute atomic E-state index is 14.6. The first-order valence-electron chi connectivity index (χ1n) is 17.3. The minimum atomic E-state index is -4.68. The minimum Gasteiger partial charge on any atom is -0.489 e. The second-order valence-electron chi connectivity index (χ2n) is 10.5. The maximum Gasteiger partial charge on any atom is 0.417 e. The fourth-order valence-corrected chi connectivity index (χ4v) is 4.46. The Labute approximate surface area is 322 Å². The molecule has 1 aliphatic carbocycles. The molecule has 0 radical (unpaired) electrons. The van der Waals surface area contributed by atoms with Crippen molar-refractivity contribution in [2.24, 2.45) is 5.92 Å². The van der Waals surface area contributed by atoms with Crippen molar-refractivity contribution >= 4 is 37.5 Å². The summed E-state index contributed by atoms with van der Waals surface area (Å²) in [6, 6.07) is 4.58. The predicted octanol–water partition coefficient (Wildman–Crippen LogP) is 13.2. The van der Waals surface area contributed by atoms with E-state index < -0.39 is 23.2 Å². The van der Waals surface area contributed by atoms with Crippen molar-refractivity contribution in [2.45, 2.75) is 127 Å². The number of aliphatic hydroxyl groups is 1. The third kappa shape index (κ3) is 23.6. The predicted molar refractivity (Wildman–Crippen MR) is 217 cm³/mol. The number of alkyl halides is 3. The second kappa shape index (κ2) is 32.1. The molecular weight excluding hydrogens is 797 g/mol. The summed E-state index contributed by atoms with van der Waals surface area (Å²) in [4.78, 5) is 12.4. The van der Waals surface area contributed by atoms with E-state index in [2.05, 4.69) is 34.4 Å². The standard InChI is InChI=1S/C30H35F4NO3.4C2H6.CH2O2.HIS/c1-6-21-12-19(2)13-23(21)14-20(3)38-18-24-15-22(8-9-27(24)31)25-17-35-28(16-26(25)30(32,33)34)37-11-7-10-29(4,5)36;4*1-2;2-1-3;1-2/h6,8-9,14-17,19,36H,3,7,10-13,18H2,1-2,4-5H3;4*1-2H3;1H,(H,2,3);2H/b21-6-,23-14-;;;;;;. The number of pyridine rings is 1. The van der Waals surface area contributed by atoms with Gasteiger partial charge in [0, 0.05) is 23.4 Å². The number of thiol groups is 1. The molecule has 1 saturated carbocycles. The summed E-state index contributed by atoms with van der Waals surface area (Å²) in [7, 11) is 3.50. The van der Waals surface area contributed by atoms with Crippen LogP contribution >= 0.6 is 31.0 Å². The first-order chi connectivity index (χ1) is 24.2. The number of rotatable bonds is 10. The monoisotopic (exact) mass is 859 g/mol. The topological polar surface area (TPSA) is 88.9 Å². The van der Waals surface area contributed by atoms with Crippen LogP contribution in [0.2, 0.25) is 0 Å². The molecule has 0 bridgehead atoms. The number of ether oxygens (including phenoxy) is 2. The van der Waals surface area contributed by atoms with Crippen LogP contribution in [0.4, 0.5) is 17.6 Å². The molecule has 2 N–H and O–H groups in total. The lowest BCUT2D eigenvalue weighted by Gasteiger charge is -2.17. The van der Waals surface area contributed by atoms with Gasteiger partial charge in [0.25, 0.3) is 6.47 Å². The largest absolute Gasteiger partial charge is 0.489 e. The van der Waals surface area contributed by atoms with Crippen LogP contribution in [0, 0.1) is 11.7 Å². The highest BCUT2D eigenvalue weighted by Gasteiger charge is 2.35. The second-order valence-corrected chi connectivity index (χ2v) is 10.5. The normalized spacial score (nSPS) is 14.5. The summed E-state index contributed by atoms with van der Waals surface area (Å²) in [6.07, 6.45) is 3.05. The van der Waals surface area contributed by atoms with Gasteiger partial charge in [0.2, 0.25) is 5.88 Å². The Balaban J connectivity index is -0.000000757. The van der Waals surface area contributed by atoms with E-state index in [-0.39, 0.29) is 42.3 Å². The van der Waals surface area contributed by atoms with Gasteiger partial charge >= 0.3 is 6.18 Å². The Morgan fingerprint density at radius 1 is 1.04 bits per heavy atom. The Kier molecular flexibility index (Phi) is 34.7. The van der Waals surface area contributed by atoms with Crippen LogP contribution in [-0.2, 0) is 22.3 Å². The molecule has 1 unspecified atom stereocenters. The smallest absolute Gasteiger partial charge is 0.417 e. The van der Waals surface area contributed by atoms with Crippen molar-refractivity contribution in [3.8, 4) is 17.0 Å². The first-order valence-corrected chi connectivity index (χ1v) is 20.6. The van der Waals surface area contributed by atoms with Crippen molar-refractivity contribution in [1.29, 1.82) is 0 Å². The SMILES string of the molecule is C=C(/C=C1/CC(C)C/C1=C/C)OCc1cc(-c2cnc(OCCCC(C)(C)O)cc2C(F)(F)F)ccc1F.CC.CC.CC.CC.O=CO.SI. The van der Waals surface area contributed by atoms with E-state index in [1.165, 1.54) is 17.7 Å². The lowest BCUT2D eigenvalue weighted by molar-refractivity contribution is -0.137. The molecule has 0 aliphatic heterocycles. The molecule has 3 rings (SSSR count). The number of carboxylic acid groups (broad SMARTS) is 1. The Bertz CT molecular complexity index is 1280. The number of carbonyl (C=O) groups is 1. The van der Waals surface area contributed by atoms with Crippen LogP contribution in [0.15, 0.2) is 66.1 Å². The Morgan fingerprint density at radius 3 is 2.06 bits per heavy atom. The molecule has 6 nitrogen and oxygen atoms in total. The number of nitrogens with zero attached hydrogens (tertiary/aromatic N) is 1. The molecule has 1 aliphatic rings. The van der Waals surface area contributed by atoms with E-state index in [0.717, 1.165) is 36.7 Å². The van der Waals surface area contributed by atoms with Crippen LogP contribution in [-0.4, -0.2) is 33.9 Å². The summed E-state index contributed by atoms with van der Waals surface area (Å²) >= 11 is 1.84. The van der Waals surface area contributed by atoms with Crippen LogP contribution in [0.25, 0.3) is 11.1 Å². The van der Waals surface area contributed by atoms with Gasteiger partial charge < -0.3 is 19.7 Å². The Hall–Kier alpha value is -2.58. The zero-order chi connectivity index (χ0) is 40.8. The fourth-order valence-electron chi connectivity index (χ4n) is 4.46. The highest BCUT2D eigenvalue weighted by molar-refractivity contribution is 14.2. The molecule has 0 amide bonds. The average molecular weight is 860 g/mol. The van der Waals surface area contributed by atoms with Crippen LogP contribution in [0.5, 0.6) is 5.88 Å². The molecule has 1 atom stereocenters. The molecule has 51 heavy (non-hydrogen) atoms. The van der Waals surface area contributed by atoms with Gasteiger partial charge in [0.05, 0.1) is 17.8 Å². The first kappa shape index (κ1) is 55.2. The van der Waals surface area contributed by atoms with Crippen LogP contribution in [0.3, 0.4) is 0 Å². The Morgan fingerprint density at radius 2 is 1.57 bits per heavy atom. The zero-order valence-electron chi connectivity index (χ0n) is 32.5. The molecule has 0 saturated heterocycles. The molecule has 0 spiro atoms. The highest BCUT2D eigenvalue weighted by atomic mass is 127. The third-order valence-electron chi connectivity index (χ3n) is 6.37. The van der Waals surface area contributed by atoms with Gasteiger partial charge in [-0.25, -0.2) is 9.37 Å². The van der Waals surface area contributed by atoms with Crippen molar-refractivity contribution in [3.05, 3.63) is 83.0 Å². The van der Waals surface area contributed by atoms with Crippen molar-refractivity contribution in [3.63, 3.8) is 0 Å². The highest BCUT2D eigenvalue weighted by Crippen LogP contribution is 2.39. The van der Waals surface area contributed by atoms with E-state index >= 15 is 0 Å². The van der Waals surface area contributed by atoms with Crippen molar-refractivity contribution in [2.75, 3.05) is 6.61 Å². The van der Waals surface area contributed by atoms with Crippen LogP contribution in [0.1, 0.15) is 120 Å². The van der Waals surface area contributed by atoms with Gasteiger partial charge in [0.15, 0.2) is 0 Å². The number of allylic oxidation sites excluding steroid dienone is 4. The van der Waals surface area contributed by atoms with E-state index in [0.29, 0.717) is 24.5 Å². The van der Waals surface area contributed by atoms with Gasteiger partial charge in [-0.2, -0.15) is 13.2 Å². The average Bonchev–Trinajstić information content (AvgIpc) is 3.48. The van der Waals surface area contributed by atoms with Crippen molar-refractivity contribution < 1.29 is 42.0 Å². The molecule has 1 heterocycles. The van der Waals surface area contributed by atoms with Crippen LogP contribution < -0.4 is 4.74 Å². The molecule has 1 aromatic carbocycles. The summed E-state index contributed by atoms with van der Waals surface area (Å²) in [6.45, 7) is 27.0. The molecule has 1 aromatic heterocycles. The maximum atomic E-state index is 14.6. The minimum absolute atomic E-state index is 0.105. The van der Waals surface area contributed by atoms with E-state index in [1.807, 2.05) is 89.6 Å². The number of halogens is 5. The number of aromatic nitrogens is 1. The van der Waals surface area contributed by atoms with Gasteiger partial charge in [-0.15, -0.1) is 9.80 Å². The lowest BCUT2D eigenvalue weighted by atomic mass is 9.99. The van der Waals surface area contributed by atoms with Gasteiger partial charge in [-0.05, 0) is 108 Å². The van der Waals surface area contributed by atoms with Gasteiger partial charge in [-0.1, -0.05) is 81.0 Å². The molecular formula is C39H62F4INO5S. The number of hydrogen-bond donors (Lipinski definition) is 3. The fraction of sp³-hybridized carbons (Fsp3) is 0.538. The summed E-state index contributed by atoms with van der Waals surface area (Å²) < 4.78 is 67.4. The van der Waals surface area contributed by atoms with E-state index in [4.69, 9.17) is 19.4 Å². The summed E-state index contributed by atoms with van der Waals surface area (Å²) in [5.41, 5.74) is 0.592.